The van der Waals surface area contributed by atoms with Gasteiger partial charge >= 0.3 is 12.1 Å². The minimum atomic E-state index is -0.451. The van der Waals surface area contributed by atoms with Crippen molar-refractivity contribution in [3.63, 3.8) is 0 Å². The molecule has 2 rings (SSSR count). The van der Waals surface area contributed by atoms with Crippen molar-refractivity contribution < 1.29 is 19.1 Å². The highest BCUT2D eigenvalue weighted by atomic mass is 16.5. The summed E-state index contributed by atoms with van der Waals surface area (Å²) < 4.78 is 9.98. The van der Waals surface area contributed by atoms with Crippen molar-refractivity contribution in [2.24, 2.45) is 0 Å². The van der Waals surface area contributed by atoms with Gasteiger partial charge in [0.1, 0.15) is 6.10 Å². The Morgan fingerprint density at radius 3 is 2.62 bits per heavy atom. The van der Waals surface area contributed by atoms with Crippen molar-refractivity contribution in [3.05, 3.63) is 42.6 Å². The van der Waals surface area contributed by atoms with Gasteiger partial charge in [0, 0.05) is 18.8 Å². The molecule has 21 heavy (non-hydrogen) atoms. The molecule has 0 spiro atoms. The minimum absolute atomic E-state index is 0.250. The number of nitrogens with zero attached hydrogens (tertiary/aromatic N) is 1. The monoisotopic (exact) mass is 290 g/mol. The lowest BCUT2D eigenvalue weighted by atomic mass is 10.1. The van der Waals surface area contributed by atoms with Crippen LogP contribution in [0.3, 0.4) is 0 Å². The molecule has 0 saturated heterocycles. The summed E-state index contributed by atoms with van der Waals surface area (Å²) in [4.78, 5) is 24.2. The highest BCUT2D eigenvalue weighted by Crippen LogP contribution is 2.18. The van der Waals surface area contributed by atoms with Crippen molar-refractivity contribution in [1.29, 1.82) is 0 Å². The number of esters is 1. The molecule has 1 aliphatic heterocycles. The summed E-state index contributed by atoms with van der Waals surface area (Å²) in [6.45, 7) is 1.70. The Labute approximate surface area is 123 Å². The molecule has 2 unspecified atom stereocenters. The predicted octanol–water partition coefficient (Wildman–Crippen LogP) is 1.99. The first-order valence-corrected chi connectivity index (χ1v) is 6.62. The highest BCUT2D eigenvalue weighted by Gasteiger charge is 2.30. The molecule has 0 aliphatic carbocycles. The number of carbonyl (C=O) groups is 2. The predicted molar refractivity (Wildman–Crippen MR) is 77.7 cm³/mol. The third kappa shape index (κ3) is 3.98. The van der Waals surface area contributed by atoms with Crippen LogP contribution in [0.4, 0.5) is 10.5 Å². The zero-order chi connectivity index (χ0) is 15.2. The van der Waals surface area contributed by atoms with E-state index in [0.29, 0.717) is 6.54 Å². The average molecular weight is 290 g/mol. The standard InChI is InChI=1S/C15H18N2O4/c1-11(18)21-14-8-9-17(15(19)20-2)10-13(14)16-12-6-4-3-5-7-12/h3-9,13-14,16H,10H2,1-2H3. The third-order valence-corrected chi connectivity index (χ3v) is 3.08. The molecule has 0 saturated carbocycles. The molecule has 6 heteroatoms. The first kappa shape index (κ1) is 14.9. The summed E-state index contributed by atoms with van der Waals surface area (Å²) in [7, 11) is 1.33. The molecule has 1 aliphatic rings. The normalized spacial score (nSPS) is 20.8. The van der Waals surface area contributed by atoms with E-state index in [1.165, 1.54) is 18.9 Å². The molecular weight excluding hydrogens is 272 g/mol. The molecule has 0 fully saturated rings. The Kier molecular flexibility index (Phi) is 4.81. The zero-order valence-electron chi connectivity index (χ0n) is 12.0. The van der Waals surface area contributed by atoms with E-state index in [2.05, 4.69) is 5.32 Å². The Balaban J connectivity index is 2.14. The number of nitrogens with one attached hydrogen (secondary N) is 1. The van der Waals surface area contributed by atoms with Crippen molar-refractivity contribution in [3.8, 4) is 0 Å². The van der Waals surface area contributed by atoms with Gasteiger partial charge in [-0.15, -0.1) is 0 Å². The van der Waals surface area contributed by atoms with Crippen molar-refractivity contribution in [1.82, 2.24) is 4.90 Å². The number of anilines is 1. The largest absolute Gasteiger partial charge is 0.456 e. The van der Waals surface area contributed by atoms with Gasteiger partial charge in [-0.2, -0.15) is 0 Å². The summed E-state index contributed by atoms with van der Waals surface area (Å²) in [5, 5.41) is 3.27. The topological polar surface area (TPSA) is 67.9 Å². The second kappa shape index (κ2) is 6.78. The molecule has 0 bridgehead atoms. The summed E-state index contributed by atoms with van der Waals surface area (Å²) in [5.41, 5.74) is 0.889. The molecule has 1 heterocycles. The average Bonchev–Trinajstić information content (AvgIpc) is 2.49. The van der Waals surface area contributed by atoms with Crippen LogP contribution < -0.4 is 5.32 Å². The lowest BCUT2D eigenvalue weighted by Gasteiger charge is -2.33. The quantitative estimate of drug-likeness (QED) is 0.862. The van der Waals surface area contributed by atoms with Crippen LogP contribution in [0.5, 0.6) is 0 Å². The van der Waals surface area contributed by atoms with Crippen LogP contribution in [0, 0.1) is 0 Å². The van der Waals surface area contributed by atoms with Crippen LogP contribution in [0.1, 0.15) is 6.92 Å². The smallest absolute Gasteiger partial charge is 0.413 e. The Bertz CT molecular complexity index is 530. The number of carbonyl (C=O) groups excluding carboxylic acids is 2. The number of hydrogen-bond acceptors (Lipinski definition) is 5. The fourth-order valence-electron chi connectivity index (χ4n) is 2.14. The highest BCUT2D eigenvalue weighted by molar-refractivity contribution is 5.70. The number of ether oxygens (including phenoxy) is 2. The van der Waals surface area contributed by atoms with E-state index < -0.39 is 12.2 Å². The van der Waals surface area contributed by atoms with Crippen LogP contribution >= 0.6 is 0 Å². The molecule has 112 valence electrons. The summed E-state index contributed by atoms with van der Waals surface area (Å²) in [6.07, 6.45) is 2.35. The minimum Gasteiger partial charge on any atom is -0.456 e. The first-order chi connectivity index (χ1) is 10.1. The van der Waals surface area contributed by atoms with Crippen LogP contribution in [-0.4, -0.2) is 42.8 Å². The third-order valence-electron chi connectivity index (χ3n) is 3.08. The number of para-hydroxylation sites is 1. The molecular formula is C15H18N2O4. The molecule has 1 aromatic carbocycles. The number of methoxy groups -OCH3 is 1. The summed E-state index contributed by atoms with van der Waals surface area (Å²) in [6, 6.07) is 9.29. The van der Waals surface area contributed by atoms with Crippen molar-refractivity contribution >= 4 is 17.7 Å². The SMILES string of the molecule is COC(=O)N1C=CC(OC(C)=O)C(Nc2ccccc2)C1. The number of amides is 1. The molecule has 0 radical (unpaired) electrons. The van der Waals surface area contributed by atoms with E-state index in [1.807, 2.05) is 30.3 Å². The molecule has 1 amide bonds. The number of benzene rings is 1. The fraction of sp³-hybridized carbons (Fsp3) is 0.333. The molecule has 1 aromatic rings. The van der Waals surface area contributed by atoms with E-state index in [-0.39, 0.29) is 12.0 Å². The van der Waals surface area contributed by atoms with Crippen LogP contribution in [-0.2, 0) is 14.3 Å². The Morgan fingerprint density at radius 1 is 1.29 bits per heavy atom. The van der Waals surface area contributed by atoms with Crippen LogP contribution in [0.25, 0.3) is 0 Å². The van der Waals surface area contributed by atoms with E-state index >= 15 is 0 Å². The van der Waals surface area contributed by atoms with E-state index in [4.69, 9.17) is 9.47 Å². The first-order valence-electron chi connectivity index (χ1n) is 6.62. The van der Waals surface area contributed by atoms with Gasteiger partial charge in [0.2, 0.25) is 0 Å². The maximum absolute atomic E-state index is 11.6. The van der Waals surface area contributed by atoms with Gasteiger partial charge in [-0.05, 0) is 18.2 Å². The lowest BCUT2D eigenvalue weighted by Crippen LogP contribution is -2.48. The summed E-state index contributed by atoms with van der Waals surface area (Å²) >= 11 is 0. The van der Waals surface area contributed by atoms with Crippen molar-refractivity contribution in [2.45, 2.75) is 19.1 Å². The fourth-order valence-corrected chi connectivity index (χ4v) is 2.14. The molecule has 6 nitrogen and oxygen atoms in total. The van der Waals surface area contributed by atoms with Gasteiger partial charge < -0.3 is 14.8 Å². The van der Waals surface area contributed by atoms with Gasteiger partial charge in [0.05, 0.1) is 19.7 Å². The maximum atomic E-state index is 11.6. The summed E-state index contributed by atoms with van der Waals surface area (Å²) in [5.74, 6) is -0.365. The van der Waals surface area contributed by atoms with E-state index in [9.17, 15) is 9.59 Å². The Hall–Kier alpha value is -2.50. The van der Waals surface area contributed by atoms with E-state index in [0.717, 1.165) is 5.69 Å². The van der Waals surface area contributed by atoms with E-state index in [1.54, 1.807) is 12.3 Å². The molecule has 1 N–H and O–H groups in total. The van der Waals surface area contributed by atoms with Gasteiger partial charge in [-0.1, -0.05) is 18.2 Å². The molecule has 2 atom stereocenters. The number of rotatable bonds is 3. The van der Waals surface area contributed by atoms with Crippen LogP contribution in [0.2, 0.25) is 0 Å². The van der Waals surface area contributed by atoms with Gasteiger partial charge in [0.15, 0.2) is 0 Å². The van der Waals surface area contributed by atoms with Crippen molar-refractivity contribution in [2.75, 3.05) is 19.0 Å². The number of hydrogen-bond donors (Lipinski definition) is 1. The zero-order valence-corrected chi connectivity index (χ0v) is 12.0. The van der Waals surface area contributed by atoms with Gasteiger partial charge in [-0.25, -0.2) is 4.79 Å². The Morgan fingerprint density at radius 2 is 2.00 bits per heavy atom. The second-order valence-electron chi connectivity index (χ2n) is 4.65. The van der Waals surface area contributed by atoms with Crippen LogP contribution in [0.15, 0.2) is 42.6 Å². The lowest BCUT2D eigenvalue weighted by molar-refractivity contribution is -0.145. The maximum Gasteiger partial charge on any atom is 0.413 e. The van der Waals surface area contributed by atoms with Gasteiger partial charge in [0.25, 0.3) is 0 Å². The van der Waals surface area contributed by atoms with Gasteiger partial charge in [-0.3, -0.25) is 9.69 Å². The molecule has 0 aromatic heterocycles. The second-order valence-corrected chi connectivity index (χ2v) is 4.65.